The Balaban J connectivity index is 1.59. The van der Waals surface area contributed by atoms with Gasteiger partial charge in [0.25, 0.3) is 5.56 Å². The summed E-state index contributed by atoms with van der Waals surface area (Å²) in [6, 6.07) is 11.7. The number of nitrogens with one attached hydrogen (secondary N) is 1. The lowest BCUT2D eigenvalue weighted by Gasteiger charge is -2.13. The molecule has 0 atom stereocenters. The first-order valence-electron chi connectivity index (χ1n) is 10.1. The Labute approximate surface area is 186 Å². The van der Waals surface area contributed by atoms with Crippen LogP contribution in [0.25, 0.3) is 16.7 Å². The van der Waals surface area contributed by atoms with E-state index in [9.17, 15) is 18.8 Å². The van der Waals surface area contributed by atoms with E-state index in [4.69, 9.17) is 9.47 Å². The van der Waals surface area contributed by atoms with E-state index in [-0.39, 0.29) is 24.5 Å². The van der Waals surface area contributed by atoms with Crippen molar-refractivity contribution in [2.75, 3.05) is 12.1 Å². The lowest BCUT2D eigenvalue weighted by Crippen LogP contribution is -2.41. The molecule has 33 heavy (non-hydrogen) atoms. The lowest BCUT2D eigenvalue weighted by molar-refractivity contribution is -0.116. The SMILES string of the molecule is Cc1cc2c(c(=O)n(-c3ccc(F)cc3)c(=O)n2CC(=O)Nc2ccc3c(c2)OCO3)n1C. The van der Waals surface area contributed by atoms with Crippen LogP contribution >= 0.6 is 0 Å². The molecular formula is C23H19FN4O5. The molecule has 0 bridgehead atoms. The Morgan fingerprint density at radius 1 is 1.06 bits per heavy atom. The minimum absolute atomic E-state index is 0.110. The van der Waals surface area contributed by atoms with Crippen molar-refractivity contribution in [1.29, 1.82) is 0 Å². The molecule has 5 rings (SSSR count). The number of halogens is 1. The molecule has 0 aliphatic carbocycles. The molecule has 0 fully saturated rings. The van der Waals surface area contributed by atoms with Gasteiger partial charge >= 0.3 is 5.69 Å². The maximum atomic E-state index is 13.4. The number of anilines is 1. The lowest BCUT2D eigenvalue weighted by atomic mass is 10.2. The van der Waals surface area contributed by atoms with E-state index in [1.807, 2.05) is 0 Å². The van der Waals surface area contributed by atoms with Crippen LogP contribution in [0.1, 0.15) is 5.69 Å². The summed E-state index contributed by atoms with van der Waals surface area (Å²) in [5.41, 5.74) is 0.761. The van der Waals surface area contributed by atoms with Gasteiger partial charge in [0.15, 0.2) is 11.5 Å². The molecule has 2 aromatic carbocycles. The first kappa shape index (κ1) is 20.6. The van der Waals surface area contributed by atoms with Gasteiger partial charge in [-0.2, -0.15) is 0 Å². The van der Waals surface area contributed by atoms with E-state index in [1.54, 1.807) is 42.8 Å². The molecule has 1 aliphatic rings. The molecule has 1 aliphatic heterocycles. The topological polar surface area (TPSA) is 96.5 Å². The van der Waals surface area contributed by atoms with Crippen molar-refractivity contribution in [3.8, 4) is 17.2 Å². The number of fused-ring (bicyclic) bond motifs is 2. The first-order valence-corrected chi connectivity index (χ1v) is 10.1. The molecule has 9 nitrogen and oxygen atoms in total. The average molecular weight is 450 g/mol. The molecule has 0 spiro atoms. The number of hydrogen-bond donors (Lipinski definition) is 1. The summed E-state index contributed by atoms with van der Waals surface area (Å²) >= 11 is 0. The zero-order chi connectivity index (χ0) is 23.3. The number of hydrogen-bond acceptors (Lipinski definition) is 5. The van der Waals surface area contributed by atoms with Crippen LogP contribution in [-0.4, -0.2) is 26.4 Å². The number of ether oxygens (including phenoxy) is 2. The summed E-state index contributed by atoms with van der Waals surface area (Å²) in [5.74, 6) is 0.127. The van der Waals surface area contributed by atoms with Gasteiger partial charge in [-0.3, -0.25) is 14.2 Å². The predicted molar refractivity (Wildman–Crippen MR) is 119 cm³/mol. The van der Waals surface area contributed by atoms with E-state index in [1.165, 1.54) is 28.8 Å². The smallest absolute Gasteiger partial charge is 0.336 e. The normalized spacial score (nSPS) is 12.3. The van der Waals surface area contributed by atoms with Gasteiger partial charge in [-0.05, 0) is 49.4 Å². The van der Waals surface area contributed by atoms with Gasteiger partial charge in [0.05, 0.1) is 11.2 Å². The van der Waals surface area contributed by atoms with Crippen molar-refractivity contribution in [3.63, 3.8) is 0 Å². The van der Waals surface area contributed by atoms with E-state index < -0.39 is 23.0 Å². The summed E-state index contributed by atoms with van der Waals surface area (Å²) in [6.45, 7) is 1.57. The van der Waals surface area contributed by atoms with E-state index in [0.717, 1.165) is 10.3 Å². The average Bonchev–Trinajstić information content (AvgIpc) is 3.36. The third-order valence-electron chi connectivity index (χ3n) is 5.61. The molecule has 3 heterocycles. The Morgan fingerprint density at radius 2 is 1.79 bits per heavy atom. The molecule has 2 aromatic heterocycles. The van der Waals surface area contributed by atoms with Crippen LogP contribution < -0.4 is 26.0 Å². The monoisotopic (exact) mass is 450 g/mol. The van der Waals surface area contributed by atoms with E-state index in [0.29, 0.717) is 22.7 Å². The summed E-state index contributed by atoms with van der Waals surface area (Å²) in [5, 5.41) is 2.74. The first-order chi connectivity index (χ1) is 15.8. The highest BCUT2D eigenvalue weighted by Gasteiger charge is 2.21. The maximum Gasteiger partial charge on any atom is 0.336 e. The van der Waals surface area contributed by atoms with Gasteiger partial charge in [-0.1, -0.05) is 0 Å². The second-order valence-electron chi connectivity index (χ2n) is 7.68. The minimum Gasteiger partial charge on any atom is -0.454 e. The third-order valence-corrected chi connectivity index (χ3v) is 5.61. The van der Waals surface area contributed by atoms with Crippen LogP contribution in [0.5, 0.6) is 11.5 Å². The van der Waals surface area contributed by atoms with Crippen LogP contribution in [0.3, 0.4) is 0 Å². The number of carbonyl (C=O) groups is 1. The number of rotatable bonds is 4. The standard InChI is InChI=1S/C23H19FN4O5/c1-13-9-17-21(26(13)2)22(30)28(16-6-3-14(24)4-7-16)23(31)27(17)11-20(29)25-15-5-8-18-19(10-15)33-12-32-18/h3-10H,11-12H2,1-2H3,(H,25,29). The second-order valence-corrected chi connectivity index (χ2v) is 7.68. The van der Waals surface area contributed by atoms with Gasteiger partial charge in [-0.25, -0.2) is 13.8 Å². The summed E-state index contributed by atoms with van der Waals surface area (Å²) < 4.78 is 27.8. The van der Waals surface area contributed by atoms with Gasteiger partial charge in [0.2, 0.25) is 12.7 Å². The number of carbonyl (C=O) groups excluding carboxylic acids is 1. The molecule has 0 radical (unpaired) electrons. The van der Waals surface area contributed by atoms with E-state index in [2.05, 4.69) is 5.32 Å². The summed E-state index contributed by atoms with van der Waals surface area (Å²) in [6.07, 6.45) is 0. The van der Waals surface area contributed by atoms with Crippen molar-refractivity contribution >= 4 is 22.6 Å². The third kappa shape index (κ3) is 3.45. The fraction of sp³-hybridized carbons (Fsp3) is 0.174. The van der Waals surface area contributed by atoms with Crippen molar-refractivity contribution in [1.82, 2.24) is 13.7 Å². The summed E-state index contributed by atoms with van der Waals surface area (Å²) in [4.78, 5) is 39.4. The maximum absolute atomic E-state index is 13.4. The molecule has 1 N–H and O–H groups in total. The van der Waals surface area contributed by atoms with Crippen LogP contribution in [0.4, 0.5) is 10.1 Å². The van der Waals surface area contributed by atoms with Crippen LogP contribution in [0.2, 0.25) is 0 Å². The fourth-order valence-electron chi connectivity index (χ4n) is 3.88. The second kappa shape index (κ2) is 7.66. The van der Waals surface area contributed by atoms with Crippen molar-refractivity contribution < 1.29 is 18.7 Å². The van der Waals surface area contributed by atoms with Crippen molar-refractivity contribution in [2.24, 2.45) is 7.05 Å². The molecule has 4 aromatic rings. The molecule has 0 saturated heterocycles. The highest BCUT2D eigenvalue weighted by atomic mass is 19.1. The van der Waals surface area contributed by atoms with Crippen LogP contribution in [-0.2, 0) is 18.4 Å². The number of aryl methyl sites for hydroxylation is 2. The number of amides is 1. The zero-order valence-corrected chi connectivity index (χ0v) is 17.8. The highest BCUT2D eigenvalue weighted by molar-refractivity contribution is 5.92. The number of aromatic nitrogens is 3. The highest BCUT2D eigenvalue weighted by Crippen LogP contribution is 2.34. The zero-order valence-electron chi connectivity index (χ0n) is 17.8. The van der Waals surface area contributed by atoms with Crippen molar-refractivity contribution in [3.05, 3.63) is 80.9 Å². The van der Waals surface area contributed by atoms with Gasteiger partial charge in [0.1, 0.15) is 17.9 Å². The summed E-state index contributed by atoms with van der Waals surface area (Å²) in [7, 11) is 1.70. The van der Waals surface area contributed by atoms with Gasteiger partial charge < -0.3 is 19.4 Å². The molecule has 0 unspecified atom stereocenters. The Kier molecular flexibility index (Phi) is 4.77. The van der Waals surface area contributed by atoms with E-state index >= 15 is 0 Å². The minimum atomic E-state index is -0.703. The Morgan fingerprint density at radius 3 is 2.55 bits per heavy atom. The molecule has 1 amide bonds. The van der Waals surface area contributed by atoms with Gasteiger partial charge in [-0.15, -0.1) is 0 Å². The van der Waals surface area contributed by atoms with Crippen molar-refractivity contribution in [2.45, 2.75) is 13.5 Å². The van der Waals surface area contributed by atoms with Crippen LogP contribution in [0.15, 0.2) is 58.1 Å². The Hall–Kier alpha value is -4.34. The number of benzene rings is 2. The Bertz CT molecular complexity index is 1530. The van der Waals surface area contributed by atoms with Crippen LogP contribution in [0, 0.1) is 12.7 Å². The molecule has 0 saturated carbocycles. The fourth-order valence-corrected chi connectivity index (χ4v) is 3.88. The van der Waals surface area contributed by atoms with Gasteiger partial charge in [0, 0.05) is 24.5 Å². The predicted octanol–water partition coefficient (Wildman–Crippen LogP) is 2.31. The molecular weight excluding hydrogens is 431 g/mol. The largest absolute Gasteiger partial charge is 0.454 e. The number of nitrogens with zero attached hydrogens (tertiary/aromatic N) is 3. The molecule has 10 heteroatoms. The quantitative estimate of drug-likeness (QED) is 0.515. The molecule has 168 valence electrons.